The van der Waals surface area contributed by atoms with Crippen LogP contribution in [-0.2, 0) is 20.9 Å². The molecule has 0 unspecified atom stereocenters. The first-order chi connectivity index (χ1) is 17.8. The third-order valence-electron chi connectivity index (χ3n) is 6.75. The highest BCUT2D eigenvalue weighted by molar-refractivity contribution is 9.10. The standard InChI is InChI=1S/C27H23Br2N3O5/c1-15(30-26(35)37-14-16-6-4-3-5-7-16)27-23(25(34)36-2)20-13-18(29)9-11-22(20)32(27)24(33)19-12-17(28)8-10-21(19)31-27/h3-13,15,23,31H,14H2,1-2H3,(H,30,35)/t15-,23+,27-/m0/s1. The number of anilines is 2. The molecule has 0 bridgehead atoms. The Hall–Kier alpha value is -3.37. The van der Waals surface area contributed by atoms with Crippen LogP contribution in [0.3, 0.4) is 0 Å². The molecule has 3 aromatic carbocycles. The van der Waals surface area contributed by atoms with Crippen LogP contribution in [0.4, 0.5) is 16.2 Å². The maximum Gasteiger partial charge on any atom is 0.407 e. The number of ether oxygens (including phenoxy) is 2. The van der Waals surface area contributed by atoms with E-state index >= 15 is 0 Å². The highest BCUT2D eigenvalue weighted by Crippen LogP contribution is 2.54. The minimum Gasteiger partial charge on any atom is -0.468 e. The molecule has 0 spiro atoms. The van der Waals surface area contributed by atoms with E-state index in [-0.39, 0.29) is 12.5 Å². The van der Waals surface area contributed by atoms with Gasteiger partial charge in [0.15, 0.2) is 5.66 Å². The van der Waals surface area contributed by atoms with E-state index in [2.05, 4.69) is 42.5 Å². The SMILES string of the molecule is COC(=O)[C@H]1c2cc(Br)ccc2N2C(=O)c3cc(Br)ccc3N[C@]12[C@H](C)NC(=O)OCc1ccccc1. The van der Waals surface area contributed by atoms with Crippen molar-refractivity contribution in [2.75, 3.05) is 17.3 Å². The second-order valence-corrected chi connectivity index (χ2v) is 10.7. The van der Waals surface area contributed by atoms with E-state index in [1.54, 1.807) is 48.2 Å². The van der Waals surface area contributed by atoms with Crippen LogP contribution in [0, 0.1) is 0 Å². The zero-order chi connectivity index (χ0) is 26.3. The minimum atomic E-state index is -1.40. The van der Waals surface area contributed by atoms with E-state index in [0.717, 1.165) is 14.5 Å². The summed E-state index contributed by atoms with van der Waals surface area (Å²) in [6.07, 6.45) is -0.678. The van der Waals surface area contributed by atoms with Gasteiger partial charge in [0, 0.05) is 14.6 Å². The van der Waals surface area contributed by atoms with E-state index in [1.807, 2.05) is 30.3 Å². The Morgan fingerprint density at radius 3 is 2.51 bits per heavy atom. The predicted octanol–water partition coefficient (Wildman–Crippen LogP) is 5.57. The first-order valence-corrected chi connectivity index (χ1v) is 13.1. The fourth-order valence-electron chi connectivity index (χ4n) is 5.10. The number of halogens is 2. The first-order valence-electron chi connectivity index (χ1n) is 11.5. The molecule has 0 aliphatic carbocycles. The molecule has 0 aromatic heterocycles. The molecule has 0 saturated heterocycles. The van der Waals surface area contributed by atoms with Gasteiger partial charge in [-0.3, -0.25) is 14.5 Å². The molecule has 0 saturated carbocycles. The predicted molar refractivity (Wildman–Crippen MR) is 145 cm³/mol. The minimum absolute atomic E-state index is 0.0763. The van der Waals surface area contributed by atoms with Gasteiger partial charge in [-0.25, -0.2) is 4.79 Å². The topological polar surface area (TPSA) is 97.0 Å². The lowest BCUT2D eigenvalue weighted by Crippen LogP contribution is -2.70. The fraction of sp³-hybridized carbons (Fsp3) is 0.222. The van der Waals surface area contributed by atoms with Gasteiger partial charge in [0.2, 0.25) is 0 Å². The van der Waals surface area contributed by atoms with Crippen molar-refractivity contribution >= 4 is 61.2 Å². The Bertz CT molecular complexity index is 1400. The maximum atomic E-state index is 14.0. The summed E-state index contributed by atoms with van der Waals surface area (Å²) in [5, 5.41) is 6.30. The second-order valence-electron chi connectivity index (χ2n) is 8.87. The van der Waals surface area contributed by atoms with E-state index < -0.39 is 29.7 Å². The van der Waals surface area contributed by atoms with Crippen LogP contribution < -0.4 is 15.5 Å². The smallest absolute Gasteiger partial charge is 0.407 e. The van der Waals surface area contributed by atoms with Crippen molar-refractivity contribution in [1.82, 2.24) is 5.32 Å². The number of nitrogens with zero attached hydrogens (tertiary/aromatic N) is 1. The molecule has 2 aliphatic heterocycles. The summed E-state index contributed by atoms with van der Waals surface area (Å²) in [7, 11) is 1.30. The van der Waals surface area contributed by atoms with Gasteiger partial charge in [-0.1, -0.05) is 62.2 Å². The average molecular weight is 629 g/mol. The lowest BCUT2D eigenvalue weighted by Gasteiger charge is -2.49. The van der Waals surface area contributed by atoms with Crippen molar-refractivity contribution in [2.45, 2.75) is 31.2 Å². The number of nitrogens with one attached hydrogen (secondary N) is 2. The Morgan fingerprint density at radius 2 is 1.78 bits per heavy atom. The Labute approximate surface area is 230 Å². The van der Waals surface area contributed by atoms with Crippen LogP contribution in [0.5, 0.6) is 0 Å². The van der Waals surface area contributed by atoms with Crippen LogP contribution in [0.2, 0.25) is 0 Å². The van der Waals surface area contributed by atoms with Crippen LogP contribution in [-0.4, -0.2) is 36.8 Å². The summed E-state index contributed by atoms with van der Waals surface area (Å²) in [5.41, 5.74) is 1.55. The van der Waals surface area contributed by atoms with Crippen LogP contribution >= 0.6 is 31.9 Å². The summed E-state index contributed by atoms with van der Waals surface area (Å²) in [4.78, 5) is 41.8. The number of hydrogen-bond acceptors (Lipinski definition) is 6. The van der Waals surface area contributed by atoms with Gasteiger partial charge < -0.3 is 20.1 Å². The maximum absolute atomic E-state index is 14.0. The molecule has 3 atom stereocenters. The number of methoxy groups -OCH3 is 1. The highest BCUT2D eigenvalue weighted by atomic mass is 79.9. The quantitative estimate of drug-likeness (QED) is 0.359. The van der Waals surface area contributed by atoms with E-state index in [9.17, 15) is 14.4 Å². The van der Waals surface area contributed by atoms with Crippen molar-refractivity contribution < 1.29 is 23.9 Å². The summed E-state index contributed by atoms with van der Waals surface area (Å²) >= 11 is 6.92. The van der Waals surface area contributed by atoms with Crippen molar-refractivity contribution in [3.8, 4) is 0 Å². The number of fused-ring (bicyclic) bond motifs is 4. The van der Waals surface area contributed by atoms with Gasteiger partial charge in [0.1, 0.15) is 12.5 Å². The molecule has 190 valence electrons. The lowest BCUT2D eigenvalue weighted by atomic mass is 9.82. The van der Waals surface area contributed by atoms with Gasteiger partial charge in [0.05, 0.1) is 24.4 Å². The zero-order valence-corrected chi connectivity index (χ0v) is 23.1. The summed E-state index contributed by atoms with van der Waals surface area (Å²) in [6.45, 7) is 1.81. The van der Waals surface area contributed by atoms with Crippen molar-refractivity contribution in [1.29, 1.82) is 0 Å². The molecule has 10 heteroatoms. The van der Waals surface area contributed by atoms with E-state index in [4.69, 9.17) is 9.47 Å². The van der Waals surface area contributed by atoms with Gasteiger partial charge >= 0.3 is 12.1 Å². The van der Waals surface area contributed by atoms with Crippen LogP contribution in [0.15, 0.2) is 75.7 Å². The lowest BCUT2D eigenvalue weighted by molar-refractivity contribution is -0.144. The van der Waals surface area contributed by atoms with Crippen molar-refractivity contribution in [3.63, 3.8) is 0 Å². The Kier molecular flexibility index (Phi) is 6.72. The van der Waals surface area contributed by atoms with Gasteiger partial charge in [-0.05, 0) is 54.4 Å². The summed E-state index contributed by atoms with van der Waals surface area (Å²) < 4.78 is 12.2. The molecule has 3 aromatic rings. The molecule has 2 N–H and O–H groups in total. The number of esters is 1. The Morgan fingerprint density at radius 1 is 1.08 bits per heavy atom. The largest absolute Gasteiger partial charge is 0.468 e. The number of carbonyl (C=O) groups is 3. The molecule has 8 nitrogen and oxygen atoms in total. The van der Waals surface area contributed by atoms with Gasteiger partial charge in [-0.15, -0.1) is 0 Å². The number of alkyl carbamates (subject to hydrolysis) is 1. The summed E-state index contributed by atoms with van der Waals surface area (Å²) in [5.74, 6) is -1.81. The van der Waals surface area contributed by atoms with Crippen molar-refractivity contribution in [2.24, 2.45) is 0 Å². The van der Waals surface area contributed by atoms with E-state index in [0.29, 0.717) is 22.5 Å². The molecule has 2 heterocycles. The number of benzene rings is 3. The molecular formula is C27H23Br2N3O5. The number of hydrogen-bond donors (Lipinski definition) is 2. The molecule has 0 radical (unpaired) electrons. The second kappa shape index (κ2) is 9.83. The number of carbonyl (C=O) groups excluding carboxylic acids is 3. The number of rotatable bonds is 5. The zero-order valence-electron chi connectivity index (χ0n) is 20.0. The molecule has 37 heavy (non-hydrogen) atoms. The van der Waals surface area contributed by atoms with E-state index in [1.165, 1.54) is 7.11 Å². The average Bonchev–Trinajstić information content (AvgIpc) is 3.18. The third kappa shape index (κ3) is 4.27. The van der Waals surface area contributed by atoms with Crippen LogP contribution in [0.25, 0.3) is 0 Å². The van der Waals surface area contributed by atoms with Gasteiger partial charge in [-0.2, -0.15) is 0 Å². The first kappa shape index (κ1) is 25.3. The third-order valence-corrected chi connectivity index (χ3v) is 7.73. The molecule has 2 amide bonds. The molecule has 2 aliphatic rings. The molecular weight excluding hydrogens is 606 g/mol. The molecule has 0 fully saturated rings. The van der Waals surface area contributed by atoms with Gasteiger partial charge in [0.25, 0.3) is 5.91 Å². The van der Waals surface area contributed by atoms with Crippen molar-refractivity contribution in [3.05, 3.63) is 92.4 Å². The van der Waals surface area contributed by atoms with Crippen LogP contribution in [0.1, 0.15) is 34.3 Å². The monoisotopic (exact) mass is 627 g/mol. The summed E-state index contributed by atoms with van der Waals surface area (Å²) in [6, 6.07) is 19.2. The highest BCUT2D eigenvalue weighted by Gasteiger charge is 2.63. The normalized spacial score (nSPS) is 20.2. The molecule has 5 rings (SSSR count). The fourth-order valence-corrected chi connectivity index (χ4v) is 5.84. The Balaban J connectivity index is 1.58. The number of amides is 2.